The van der Waals surface area contributed by atoms with Crippen LogP contribution in [0.3, 0.4) is 0 Å². The molecule has 0 spiro atoms. The van der Waals surface area contributed by atoms with Gasteiger partial charge in [0, 0.05) is 17.0 Å². The van der Waals surface area contributed by atoms with Crippen LogP contribution >= 0.6 is 0 Å². The number of rotatable bonds is 5. The third kappa shape index (κ3) is 3.77. The van der Waals surface area contributed by atoms with Crippen molar-refractivity contribution in [1.82, 2.24) is 0 Å². The van der Waals surface area contributed by atoms with E-state index < -0.39 is 20.6 Å². The summed E-state index contributed by atoms with van der Waals surface area (Å²) in [5.41, 5.74) is 2.87. The van der Waals surface area contributed by atoms with Crippen LogP contribution in [0.1, 0.15) is 12.5 Å². The van der Waals surface area contributed by atoms with E-state index in [0.717, 1.165) is 17.5 Å². The van der Waals surface area contributed by atoms with E-state index in [1.54, 1.807) is 25.1 Å². The van der Waals surface area contributed by atoms with Gasteiger partial charge in [-0.25, -0.2) is 13.6 Å². The average molecular weight is 400 g/mol. The van der Waals surface area contributed by atoms with Crippen LogP contribution in [0, 0.1) is 10.1 Å². The molecule has 0 aliphatic heterocycles. The van der Waals surface area contributed by atoms with Gasteiger partial charge in [-0.15, -0.1) is 0 Å². The molecule has 28 heavy (non-hydrogen) atoms. The molecule has 0 saturated heterocycles. The first-order valence-corrected chi connectivity index (χ1v) is 9.56. The molecule has 0 radical (unpaired) electrons. The number of fused-ring (bicyclic) bond motifs is 1. The molecule has 0 saturated carbocycles. The van der Waals surface area contributed by atoms with Crippen LogP contribution in [-0.4, -0.2) is 24.2 Å². The first-order valence-electron chi connectivity index (χ1n) is 8.01. The largest absolute Gasteiger partial charge is 0.507 e. The zero-order chi connectivity index (χ0) is 20.5. The number of hydrogen-bond acceptors (Lipinski definition) is 7. The maximum absolute atomic E-state index is 11.4. The Kier molecular flexibility index (Phi) is 4.99. The topological polar surface area (TPSA) is 148 Å². The second-order valence-corrected chi connectivity index (χ2v) is 7.53. The van der Waals surface area contributed by atoms with Gasteiger partial charge < -0.3 is 5.11 Å². The number of phenols is 1. The van der Waals surface area contributed by atoms with Gasteiger partial charge in [-0.3, -0.25) is 15.5 Å². The number of nitro benzene ring substituents is 1. The van der Waals surface area contributed by atoms with Crippen LogP contribution in [0.25, 0.3) is 10.8 Å². The standard InChI is InChI=1S/C18H16N4O5S/c1-11(14-8-6-12-4-2-3-5-15(12)18(14)23)20-21-16-9-7-13(28(19,26)27)10-17(16)22(24)25/h2-10,21,23H,1H3,(H2,19,26,27). The van der Waals surface area contributed by atoms with Gasteiger partial charge in [0.05, 0.1) is 15.5 Å². The molecule has 0 heterocycles. The van der Waals surface area contributed by atoms with Crippen molar-refractivity contribution >= 4 is 37.9 Å². The molecule has 144 valence electrons. The van der Waals surface area contributed by atoms with E-state index >= 15 is 0 Å². The minimum atomic E-state index is -4.08. The summed E-state index contributed by atoms with van der Waals surface area (Å²) < 4.78 is 22.8. The van der Waals surface area contributed by atoms with Gasteiger partial charge in [-0.05, 0) is 30.5 Å². The van der Waals surface area contributed by atoms with Crippen molar-refractivity contribution in [2.75, 3.05) is 5.43 Å². The summed E-state index contributed by atoms with van der Waals surface area (Å²) in [4.78, 5) is 10.1. The number of nitrogens with two attached hydrogens (primary N) is 1. The van der Waals surface area contributed by atoms with Crippen LogP contribution in [0.5, 0.6) is 5.75 Å². The second kappa shape index (κ2) is 7.25. The first kappa shape index (κ1) is 19.3. The van der Waals surface area contributed by atoms with Crippen molar-refractivity contribution in [2.45, 2.75) is 11.8 Å². The lowest BCUT2D eigenvalue weighted by molar-refractivity contribution is -0.384. The van der Waals surface area contributed by atoms with Crippen LogP contribution < -0.4 is 10.6 Å². The molecule has 3 rings (SSSR count). The lowest BCUT2D eigenvalue weighted by atomic mass is 10.0. The van der Waals surface area contributed by atoms with Crippen molar-refractivity contribution in [1.29, 1.82) is 0 Å². The lowest BCUT2D eigenvalue weighted by Gasteiger charge is -2.09. The first-order chi connectivity index (χ1) is 13.2. The Morgan fingerprint density at radius 1 is 1.18 bits per heavy atom. The van der Waals surface area contributed by atoms with Crippen molar-refractivity contribution in [2.24, 2.45) is 10.2 Å². The van der Waals surface area contributed by atoms with Gasteiger partial charge in [0.1, 0.15) is 11.4 Å². The normalized spacial score (nSPS) is 12.1. The van der Waals surface area contributed by atoms with Gasteiger partial charge in [0.2, 0.25) is 10.0 Å². The highest BCUT2D eigenvalue weighted by Crippen LogP contribution is 2.30. The van der Waals surface area contributed by atoms with Crippen molar-refractivity contribution in [3.63, 3.8) is 0 Å². The third-order valence-corrected chi connectivity index (χ3v) is 5.04. The van der Waals surface area contributed by atoms with Crippen molar-refractivity contribution in [3.05, 3.63) is 70.3 Å². The fourth-order valence-corrected chi connectivity index (χ4v) is 3.22. The van der Waals surface area contributed by atoms with Crippen LogP contribution in [0.2, 0.25) is 0 Å². The maximum atomic E-state index is 11.4. The molecule has 3 aromatic carbocycles. The molecule has 0 amide bonds. The van der Waals surface area contributed by atoms with Gasteiger partial charge in [-0.1, -0.05) is 30.3 Å². The molecular formula is C18H16N4O5S. The number of aromatic hydroxyl groups is 1. The number of phenolic OH excluding ortho intramolecular Hbond substituents is 1. The zero-order valence-corrected chi connectivity index (χ0v) is 15.5. The molecular weight excluding hydrogens is 384 g/mol. The molecule has 4 N–H and O–H groups in total. The number of anilines is 1. The SMILES string of the molecule is CC(=NNc1ccc(S(N)(=O)=O)cc1[N+](=O)[O-])c1ccc2ccccc2c1O. The number of hydrazone groups is 1. The van der Waals surface area contributed by atoms with Gasteiger partial charge >= 0.3 is 0 Å². The second-order valence-electron chi connectivity index (χ2n) is 5.97. The Hall–Kier alpha value is -3.50. The fraction of sp³-hybridized carbons (Fsp3) is 0.0556. The highest BCUT2D eigenvalue weighted by Gasteiger charge is 2.19. The molecule has 0 aromatic heterocycles. The average Bonchev–Trinajstić information content (AvgIpc) is 2.65. The predicted molar refractivity (Wildman–Crippen MR) is 106 cm³/mol. The minimum Gasteiger partial charge on any atom is -0.507 e. The fourth-order valence-electron chi connectivity index (χ4n) is 2.69. The summed E-state index contributed by atoms with van der Waals surface area (Å²) >= 11 is 0. The summed E-state index contributed by atoms with van der Waals surface area (Å²) in [5, 5.41) is 32.4. The van der Waals surface area contributed by atoms with E-state index in [0.29, 0.717) is 16.7 Å². The molecule has 0 atom stereocenters. The Labute approximate surface area is 160 Å². The molecule has 0 aliphatic rings. The number of benzene rings is 3. The van der Waals surface area contributed by atoms with Crippen LogP contribution in [-0.2, 0) is 10.0 Å². The molecule has 10 heteroatoms. The number of hydrogen-bond donors (Lipinski definition) is 3. The molecule has 3 aromatic rings. The molecule has 0 unspecified atom stereocenters. The number of nitrogens with one attached hydrogen (secondary N) is 1. The third-order valence-electron chi connectivity index (χ3n) is 4.13. The Morgan fingerprint density at radius 2 is 1.89 bits per heavy atom. The smallest absolute Gasteiger partial charge is 0.295 e. The Bertz CT molecular complexity index is 1220. The van der Waals surface area contributed by atoms with E-state index in [-0.39, 0.29) is 16.3 Å². The highest BCUT2D eigenvalue weighted by molar-refractivity contribution is 7.89. The van der Waals surface area contributed by atoms with Crippen LogP contribution in [0.15, 0.2) is 64.6 Å². The Morgan fingerprint density at radius 3 is 2.57 bits per heavy atom. The van der Waals surface area contributed by atoms with E-state index in [1.807, 2.05) is 18.2 Å². The Balaban J connectivity index is 1.98. The van der Waals surface area contributed by atoms with E-state index in [1.165, 1.54) is 6.07 Å². The number of sulfonamides is 1. The van der Waals surface area contributed by atoms with E-state index in [4.69, 9.17) is 5.14 Å². The van der Waals surface area contributed by atoms with E-state index in [9.17, 15) is 23.6 Å². The van der Waals surface area contributed by atoms with Crippen molar-refractivity contribution in [3.8, 4) is 5.75 Å². The van der Waals surface area contributed by atoms with Gasteiger partial charge in [0.25, 0.3) is 5.69 Å². The molecule has 0 aliphatic carbocycles. The number of primary sulfonamides is 1. The monoisotopic (exact) mass is 400 g/mol. The van der Waals surface area contributed by atoms with Crippen LogP contribution in [0.4, 0.5) is 11.4 Å². The number of nitrogens with zero attached hydrogens (tertiary/aromatic N) is 2. The molecule has 9 nitrogen and oxygen atoms in total. The zero-order valence-electron chi connectivity index (χ0n) is 14.7. The lowest BCUT2D eigenvalue weighted by Crippen LogP contribution is -2.12. The summed E-state index contributed by atoms with van der Waals surface area (Å²) in [6, 6.07) is 14.0. The summed E-state index contributed by atoms with van der Waals surface area (Å²) in [6.07, 6.45) is 0. The van der Waals surface area contributed by atoms with Crippen molar-refractivity contribution < 1.29 is 18.4 Å². The summed E-state index contributed by atoms with van der Waals surface area (Å²) in [6.45, 7) is 1.63. The number of nitro groups is 1. The quantitative estimate of drug-likeness (QED) is 0.341. The van der Waals surface area contributed by atoms with Gasteiger partial charge in [-0.2, -0.15) is 5.10 Å². The minimum absolute atomic E-state index is 0.0166. The molecule has 0 bridgehead atoms. The molecule has 0 fully saturated rings. The summed E-state index contributed by atoms with van der Waals surface area (Å²) in [7, 11) is -4.08. The van der Waals surface area contributed by atoms with E-state index in [2.05, 4.69) is 10.5 Å². The highest BCUT2D eigenvalue weighted by atomic mass is 32.2. The predicted octanol–water partition coefficient (Wildman–Crippen LogP) is 2.94. The van der Waals surface area contributed by atoms with Gasteiger partial charge in [0.15, 0.2) is 0 Å². The summed E-state index contributed by atoms with van der Waals surface area (Å²) in [5.74, 6) is 0.0419. The maximum Gasteiger partial charge on any atom is 0.295 e.